The summed E-state index contributed by atoms with van der Waals surface area (Å²) in [4.78, 5) is 12.0. The van der Waals surface area contributed by atoms with Crippen LogP contribution in [0, 0.1) is 29.1 Å². The smallest absolute Gasteiger partial charge is 0.309 e. The number of carbonyl (C=O) groups is 1. The third-order valence-electron chi connectivity index (χ3n) is 8.14. The van der Waals surface area contributed by atoms with Crippen molar-refractivity contribution >= 4 is 17.6 Å². The van der Waals surface area contributed by atoms with Gasteiger partial charge in [-0.1, -0.05) is 58.8 Å². The number of carboxylic acids is 1. The van der Waals surface area contributed by atoms with Gasteiger partial charge >= 0.3 is 5.97 Å². The van der Waals surface area contributed by atoms with E-state index in [1.54, 1.807) is 0 Å². The highest BCUT2D eigenvalue weighted by Gasteiger charge is 2.43. The van der Waals surface area contributed by atoms with Crippen molar-refractivity contribution in [1.82, 2.24) is 0 Å². The number of halogens is 1. The van der Waals surface area contributed by atoms with Crippen molar-refractivity contribution in [2.24, 2.45) is 29.1 Å². The standard InChI is InChI=1S/C25H45ClO2/c1-3-8-20-10-12-21(13-11-20)23(9-6-5-7-19-26)22-14-17-25(16-4-2,18-15-22)24(27)28/h20-23H,3-19H2,1-2H3,(H,27,28)/t20?,21?,22?,23-,25?/m0/s1. The molecule has 0 aromatic rings. The fourth-order valence-electron chi connectivity index (χ4n) is 6.49. The number of aliphatic carboxylic acids is 1. The Kier molecular flexibility index (Phi) is 10.7. The van der Waals surface area contributed by atoms with Gasteiger partial charge in [0.1, 0.15) is 0 Å². The fraction of sp³-hybridized carbons (Fsp3) is 0.960. The summed E-state index contributed by atoms with van der Waals surface area (Å²) in [5, 5.41) is 9.86. The molecule has 2 saturated carbocycles. The number of hydrogen-bond acceptors (Lipinski definition) is 1. The molecule has 0 bridgehead atoms. The largest absolute Gasteiger partial charge is 0.481 e. The first-order chi connectivity index (χ1) is 13.6. The van der Waals surface area contributed by atoms with Crippen molar-refractivity contribution in [2.75, 3.05) is 5.88 Å². The Morgan fingerprint density at radius 3 is 2.14 bits per heavy atom. The van der Waals surface area contributed by atoms with Crippen molar-refractivity contribution in [2.45, 2.75) is 117 Å². The molecule has 0 spiro atoms. The average molecular weight is 413 g/mol. The molecule has 0 unspecified atom stereocenters. The van der Waals surface area contributed by atoms with E-state index in [0.29, 0.717) is 0 Å². The lowest BCUT2D eigenvalue weighted by Gasteiger charge is -2.43. The first kappa shape index (κ1) is 24.0. The van der Waals surface area contributed by atoms with Gasteiger partial charge in [-0.25, -0.2) is 0 Å². The highest BCUT2D eigenvalue weighted by atomic mass is 35.5. The van der Waals surface area contributed by atoms with Gasteiger partial charge in [0.15, 0.2) is 0 Å². The minimum absolute atomic E-state index is 0.423. The zero-order valence-electron chi connectivity index (χ0n) is 18.6. The van der Waals surface area contributed by atoms with E-state index < -0.39 is 11.4 Å². The molecule has 2 aliphatic rings. The lowest BCUT2D eigenvalue weighted by molar-refractivity contribution is -0.152. The van der Waals surface area contributed by atoms with E-state index in [1.807, 2.05) is 0 Å². The lowest BCUT2D eigenvalue weighted by atomic mass is 9.61. The van der Waals surface area contributed by atoms with Crippen molar-refractivity contribution in [3.63, 3.8) is 0 Å². The van der Waals surface area contributed by atoms with Crippen LogP contribution < -0.4 is 0 Å². The molecule has 164 valence electrons. The Balaban J connectivity index is 1.96. The molecule has 1 atom stereocenters. The minimum atomic E-state index is -0.536. The summed E-state index contributed by atoms with van der Waals surface area (Å²) in [5.74, 6) is 3.69. The topological polar surface area (TPSA) is 37.3 Å². The van der Waals surface area contributed by atoms with E-state index in [4.69, 9.17) is 11.6 Å². The van der Waals surface area contributed by atoms with E-state index in [0.717, 1.165) is 74.5 Å². The van der Waals surface area contributed by atoms with Crippen LogP contribution in [-0.4, -0.2) is 17.0 Å². The van der Waals surface area contributed by atoms with Crippen LogP contribution in [0.2, 0.25) is 0 Å². The van der Waals surface area contributed by atoms with E-state index >= 15 is 0 Å². The predicted molar refractivity (Wildman–Crippen MR) is 120 cm³/mol. The molecular weight excluding hydrogens is 368 g/mol. The Morgan fingerprint density at radius 1 is 0.964 bits per heavy atom. The number of rotatable bonds is 12. The van der Waals surface area contributed by atoms with Crippen molar-refractivity contribution < 1.29 is 9.90 Å². The van der Waals surface area contributed by atoms with E-state index in [-0.39, 0.29) is 0 Å². The number of hydrogen-bond donors (Lipinski definition) is 1. The van der Waals surface area contributed by atoms with Crippen molar-refractivity contribution in [3.05, 3.63) is 0 Å². The van der Waals surface area contributed by atoms with E-state index in [1.165, 1.54) is 57.8 Å². The molecule has 0 aromatic carbocycles. The molecule has 0 saturated heterocycles. The van der Waals surface area contributed by atoms with Gasteiger partial charge in [-0.2, -0.15) is 0 Å². The maximum absolute atomic E-state index is 12.0. The van der Waals surface area contributed by atoms with Gasteiger partial charge in [0, 0.05) is 5.88 Å². The van der Waals surface area contributed by atoms with Gasteiger partial charge in [-0.15, -0.1) is 11.6 Å². The summed E-state index contributed by atoms with van der Waals surface area (Å²) in [6.07, 6.45) is 19.4. The monoisotopic (exact) mass is 412 g/mol. The lowest BCUT2D eigenvalue weighted by Crippen LogP contribution is -2.38. The summed E-state index contributed by atoms with van der Waals surface area (Å²) in [7, 11) is 0. The Labute approximate surface area is 179 Å². The van der Waals surface area contributed by atoms with Crippen LogP contribution in [0.1, 0.15) is 117 Å². The normalized spacial score (nSPS) is 32.2. The third-order valence-corrected chi connectivity index (χ3v) is 8.41. The summed E-state index contributed by atoms with van der Waals surface area (Å²) >= 11 is 5.90. The van der Waals surface area contributed by atoms with Crippen LogP contribution in [0.3, 0.4) is 0 Å². The maximum atomic E-state index is 12.0. The van der Waals surface area contributed by atoms with Gasteiger partial charge in [-0.3, -0.25) is 4.79 Å². The van der Waals surface area contributed by atoms with Crippen LogP contribution >= 0.6 is 11.6 Å². The molecule has 2 nitrogen and oxygen atoms in total. The van der Waals surface area contributed by atoms with Crippen LogP contribution in [0.5, 0.6) is 0 Å². The molecule has 1 N–H and O–H groups in total. The van der Waals surface area contributed by atoms with Crippen molar-refractivity contribution in [3.8, 4) is 0 Å². The average Bonchev–Trinajstić information content (AvgIpc) is 2.70. The summed E-state index contributed by atoms with van der Waals surface area (Å²) < 4.78 is 0. The molecular formula is C25H45ClO2. The van der Waals surface area contributed by atoms with Gasteiger partial charge in [0.2, 0.25) is 0 Å². The third kappa shape index (κ3) is 6.64. The van der Waals surface area contributed by atoms with Crippen LogP contribution in [0.4, 0.5) is 0 Å². The van der Waals surface area contributed by atoms with Crippen LogP contribution in [0.25, 0.3) is 0 Å². The van der Waals surface area contributed by atoms with E-state index in [2.05, 4.69) is 13.8 Å². The number of unbranched alkanes of at least 4 members (excludes halogenated alkanes) is 2. The predicted octanol–water partition coefficient (Wildman–Crippen LogP) is 8.07. The van der Waals surface area contributed by atoms with Gasteiger partial charge in [0.25, 0.3) is 0 Å². The molecule has 2 aliphatic carbocycles. The second kappa shape index (κ2) is 12.5. The number of alkyl halides is 1. The first-order valence-corrected chi connectivity index (χ1v) is 12.9. The molecule has 0 aromatic heterocycles. The highest BCUT2D eigenvalue weighted by molar-refractivity contribution is 6.17. The maximum Gasteiger partial charge on any atom is 0.309 e. The molecule has 3 heteroatoms. The molecule has 2 rings (SSSR count). The van der Waals surface area contributed by atoms with Gasteiger partial charge in [0.05, 0.1) is 5.41 Å². The second-order valence-corrected chi connectivity index (χ2v) is 10.3. The Bertz CT molecular complexity index is 434. The summed E-state index contributed by atoms with van der Waals surface area (Å²) in [6.45, 7) is 4.45. The Hall–Kier alpha value is -0.240. The molecule has 0 heterocycles. The highest BCUT2D eigenvalue weighted by Crippen LogP contribution is 2.49. The molecule has 0 amide bonds. The SMILES string of the molecule is CCCC1CCC([C@H](CCCCCCl)C2CCC(CCC)(C(=O)O)CC2)CC1. The molecule has 28 heavy (non-hydrogen) atoms. The summed E-state index contributed by atoms with van der Waals surface area (Å²) in [6, 6.07) is 0. The van der Waals surface area contributed by atoms with Crippen LogP contribution in [0.15, 0.2) is 0 Å². The van der Waals surface area contributed by atoms with Crippen LogP contribution in [-0.2, 0) is 4.79 Å². The molecule has 0 radical (unpaired) electrons. The van der Waals surface area contributed by atoms with E-state index in [9.17, 15) is 9.90 Å². The molecule has 0 aliphatic heterocycles. The van der Waals surface area contributed by atoms with Gasteiger partial charge < -0.3 is 5.11 Å². The summed E-state index contributed by atoms with van der Waals surface area (Å²) in [5.41, 5.74) is -0.423. The molecule has 2 fully saturated rings. The fourth-order valence-corrected chi connectivity index (χ4v) is 6.68. The minimum Gasteiger partial charge on any atom is -0.481 e. The zero-order chi connectivity index (χ0) is 20.4. The number of carboxylic acid groups (broad SMARTS) is 1. The Morgan fingerprint density at radius 2 is 1.61 bits per heavy atom. The second-order valence-electron chi connectivity index (χ2n) is 9.94. The van der Waals surface area contributed by atoms with Gasteiger partial charge in [-0.05, 0) is 81.5 Å². The van der Waals surface area contributed by atoms with Crippen molar-refractivity contribution in [1.29, 1.82) is 0 Å². The zero-order valence-corrected chi connectivity index (χ0v) is 19.3. The first-order valence-electron chi connectivity index (χ1n) is 12.4. The quantitative estimate of drug-likeness (QED) is 0.260.